The summed E-state index contributed by atoms with van der Waals surface area (Å²) >= 11 is 3.31. The molecule has 0 spiro atoms. The fourth-order valence-electron chi connectivity index (χ4n) is 1.54. The summed E-state index contributed by atoms with van der Waals surface area (Å²) in [5.74, 6) is 0.814. The minimum Gasteiger partial charge on any atom is -0.303 e. The summed E-state index contributed by atoms with van der Waals surface area (Å²) in [6, 6.07) is 5.33. The Morgan fingerprint density at radius 2 is 2.12 bits per heavy atom. The summed E-state index contributed by atoms with van der Waals surface area (Å²) in [6.45, 7) is 0. The first kappa shape index (κ1) is 10.2. The second kappa shape index (κ2) is 3.77. The Hall–Kier alpha value is -2.02. The van der Waals surface area contributed by atoms with Crippen LogP contribution in [0.25, 0.3) is 22.6 Å². The molecule has 0 radical (unpaired) electrons. The van der Waals surface area contributed by atoms with Crippen LogP contribution in [-0.2, 0) is 0 Å². The zero-order chi connectivity index (χ0) is 11.8. The van der Waals surface area contributed by atoms with Crippen molar-refractivity contribution in [3.8, 4) is 11.6 Å². The molecule has 0 saturated carbocycles. The van der Waals surface area contributed by atoms with E-state index in [2.05, 4.69) is 41.1 Å². The van der Waals surface area contributed by atoms with Gasteiger partial charge in [-0.2, -0.15) is 5.10 Å². The van der Waals surface area contributed by atoms with Crippen LogP contribution in [0.2, 0.25) is 0 Å². The van der Waals surface area contributed by atoms with Gasteiger partial charge in [0.25, 0.3) is 5.56 Å². The minimum absolute atomic E-state index is 0.206. The van der Waals surface area contributed by atoms with Crippen molar-refractivity contribution in [1.82, 2.24) is 25.1 Å². The van der Waals surface area contributed by atoms with Crippen LogP contribution in [0.5, 0.6) is 0 Å². The molecule has 0 aliphatic rings. The van der Waals surface area contributed by atoms with E-state index in [1.54, 1.807) is 12.1 Å². The summed E-state index contributed by atoms with van der Waals surface area (Å²) in [5, 5.41) is 6.90. The molecule has 0 unspecified atom stereocenters. The van der Waals surface area contributed by atoms with Gasteiger partial charge in [-0.05, 0) is 18.2 Å². The highest BCUT2D eigenvalue weighted by molar-refractivity contribution is 9.10. The van der Waals surface area contributed by atoms with Crippen LogP contribution in [0.3, 0.4) is 0 Å². The molecule has 0 fully saturated rings. The van der Waals surface area contributed by atoms with E-state index in [1.807, 2.05) is 6.07 Å². The molecule has 6 nitrogen and oxygen atoms in total. The third-order valence-electron chi connectivity index (χ3n) is 2.31. The molecule has 0 aliphatic heterocycles. The Morgan fingerprint density at radius 3 is 2.88 bits per heavy atom. The van der Waals surface area contributed by atoms with Crippen molar-refractivity contribution in [2.45, 2.75) is 0 Å². The number of rotatable bonds is 1. The van der Waals surface area contributed by atoms with E-state index in [0.717, 1.165) is 4.47 Å². The van der Waals surface area contributed by atoms with Gasteiger partial charge in [-0.15, -0.1) is 0 Å². The van der Waals surface area contributed by atoms with Crippen molar-refractivity contribution in [2.75, 3.05) is 0 Å². The van der Waals surface area contributed by atoms with E-state index in [0.29, 0.717) is 22.6 Å². The van der Waals surface area contributed by atoms with Crippen LogP contribution in [0.4, 0.5) is 0 Å². The lowest BCUT2D eigenvalue weighted by atomic mass is 10.2. The molecule has 0 atom stereocenters. The van der Waals surface area contributed by atoms with Crippen LogP contribution in [0, 0.1) is 0 Å². The predicted molar refractivity (Wildman–Crippen MR) is 65.4 cm³/mol. The van der Waals surface area contributed by atoms with Crippen LogP contribution in [0.1, 0.15) is 0 Å². The normalized spacial score (nSPS) is 10.9. The van der Waals surface area contributed by atoms with Crippen molar-refractivity contribution in [3.05, 3.63) is 39.4 Å². The Kier molecular flexibility index (Phi) is 2.25. The molecule has 3 aromatic rings. The number of benzene rings is 1. The number of hydrogen-bond acceptors (Lipinski definition) is 4. The number of aromatic amines is 2. The van der Waals surface area contributed by atoms with Crippen molar-refractivity contribution in [2.24, 2.45) is 0 Å². The van der Waals surface area contributed by atoms with Crippen molar-refractivity contribution >= 4 is 26.8 Å². The largest absolute Gasteiger partial charge is 0.303 e. The van der Waals surface area contributed by atoms with Crippen molar-refractivity contribution in [1.29, 1.82) is 0 Å². The Bertz CT molecular complexity index is 734. The lowest BCUT2D eigenvalue weighted by molar-refractivity contribution is 1.06. The minimum atomic E-state index is -0.206. The molecule has 2 heterocycles. The van der Waals surface area contributed by atoms with E-state index in [4.69, 9.17) is 0 Å². The fourth-order valence-corrected chi connectivity index (χ4v) is 1.90. The van der Waals surface area contributed by atoms with Gasteiger partial charge in [-0.3, -0.25) is 9.89 Å². The van der Waals surface area contributed by atoms with Gasteiger partial charge >= 0.3 is 0 Å². The van der Waals surface area contributed by atoms with Gasteiger partial charge in [-0.25, -0.2) is 9.97 Å². The standard InChI is InChI=1S/C10H6BrN5O/c11-5-1-2-7-6(3-5)10(17)15-9(14-7)8-12-4-13-16-8/h1-4H,(H,12,13,16)(H,14,15,17). The zero-order valence-corrected chi connectivity index (χ0v) is 10.0. The number of nitrogens with one attached hydrogen (secondary N) is 2. The van der Waals surface area contributed by atoms with Gasteiger partial charge in [0.15, 0.2) is 11.6 Å². The second-order valence-corrected chi connectivity index (χ2v) is 4.33. The van der Waals surface area contributed by atoms with Gasteiger partial charge in [0, 0.05) is 4.47 Å². The van der Waals surface area contributed by atoms with Crippen LogP contribution < -0.4 is 5.56 Å². The first-order valence-corrected chi connectivity index (χ1v) is 5.58. The second-order valence-electron chi connectivity index (χ2n) is 3.41. The van der Waals surface area contributed by atoms with E-state index in [-0.39, 0.29) is 5.56 Å². The predicted octanol–water partition coefficient (Wildman–Crippen LogP) is 1.47. The van der Waals surface area contributed by atoms with Gasteiger partial charge in [-0.1, -0.05) is 15.9 Å². The average Bonchev–Trinajstić information content (AvgIpc) is 2.83. The summed E-state index contributed by atoms with van der Waals surface area (Å²) in [7, 11) is 0. The molecule has 0 aliphatic carbocycles. The van der Waals surface area contributed by atoms with E-state index in [1.165, 1.54) is 6.33 Å². The molecule has 2 N–H and O–H groups in total. The summed E-state index contributed by atoms with van der Waals surface area (Å²) in [4.78, 5) is 22.8. The van der Waals surface area contributed by atoms with Gasteiger partial charge in [0.1, 0.15) is 6.33 Å². The zero-order valence-electron chi connectivity index (χ0n) is 8.44. The van der Waals surface area contributed by atoms with Gasteiger partial charge < -0.3 is 4.98 Å². The summed E-state index contributed by atoms with van der Waals surface area (Å²) in [5.41, 5.74) is 0.408. The molecule has 0 saturated heterocycles. The summed E-state index contributed by atoms with van der Waals surface area (Å²) < 4.78 is 0.838. The number of H-pyrrole nitrogens is 2. The third-order valence-corrected chi connectivity index (χ3v) is 2.80. The van der Waals surface area contributed by atoms with E-state index < -0.39 is 0 Å². The molecular weight excluding hydrogens is 286 g/mol. The first-order valence-electron chi connectivity index (χ1n) is 4.79. The highest BCUT2D eigenvalue weighted by atomic mass is 79.9. The van der Waals surface area contributed by atoms with Crippen LogP contribution >= 0.6 is 15.9 Å². The third kappa shape index (κ3) is 1.74. The molecule has 7 heteroatoms. The SMILES string of the molecule is O=c1[nH]c(-c2ncn[nH]2)nc2ccc(Br)cc12. The van der Waals surface area contributed by atoms with E-state index in [9.17, 15) is 4.79 Å². The Labute approximate surface area is 103 Å². The topological polar surface area (TPSA) is 87.3 Å². The average molecular weight is 292 g/mol. The quantitative estimate of drug-likeness (QED) is 0.711. The van der Waals surface area contributed by atoms with Gasteiger partial charge in [0.05, 0.1) is 10.9 Å². The lowest BCUT2D eigenvalue weighted by Gasteiger charge is -2.00. The molecule has 0 bridgehead atoms. The number of halogens is 1. The van der Waals surface area contributed by atoms with Crippen LogP contribution in [-0.4, -0.2) is 25.1 Å². The molecule has 3 rings (SSSR count). The number of nitrogens with zero attached hydrogens (tertiary/aromatic N) is 3. The number of hydrogen-bond donors (Lipinski definition) is 2. The lowest BCUT2D eigenvalue weighted by Crippen LogP contribution is -2.10. The maximum absolute atomic E-state index is 11.9. The van der Waals surface area contributed by atoms with Gasteiger partial charge in [0.2, 0.25) is 0 Å². The highest BCUT2D eigenvalue weighted by Crippen LogP contribution is 2.16. The summed E-state index contributed by atoms with van der Waals surface area (Å²) in [6.07, 6.45) is 1.36. The Balaban J connectivity index is 2.32. The van der Waals surface area contributed by atoms with E-state index >= 15 is 0 Å². The maximum atomic E-state index is 11.9. The highest BCUT2D eigenvalue weighted by Gasteiger charge is 2.07. The molecule has 84 valence electrons. The van der Waals surface area contributed by atoms with Crippen LogP contribution in [0.15, 0.2) is 33.8 Å². The van der Waals surface area contributed by atoms with Crippen molar-refractivity contribution < 1.29 is 0 Å². The smallest absolute Gasteiger partial charge is 0.259 e. The fraction of sp³-hybridized carbons (Fsp3) is 0. The molecule has 17 heavy (non-hydrogen) atoms. The first-order chi connectivity index (χ1) is 8.24. The number of fused-ring (bicyclic) bond motifs is 1. The number of aromatic nitrogens is 5. The molecule has 1 aromatic carbocycles. The molecule has 0 amide bonds. The monoisotopic (exact) mass is 291 g/mol. The molecule has 2 aromatic heterocycles. The maximum Gasteiger partial charge on any atom is 0.259 e. The Morgan fingerprint density at radius 1 is 1.24 bits per heavy atom. The van der Waals surface area contributed by atoms with Crippen molar-refractivity contribution in [3.63, 3.8) is 0 Å². The molecular formula is C10H6BrN5O.